The van der Waals surface area contributed by atoms with Crippen LogP contribution in [0.4, 0.5) is 0 Å². The number of Topliss-reactive ketones (excluding diaryl/α,β-unsaturated/α-hetero) is 1. The minimum atomic E-state index is -5.18. The fourth-order valence-corrected chi connectivity index (χ4v) is 12.4. The largest absolute Gasteiger partial charge is 0.453 e. The number of unbranched alkanes of at least 4 members (excludes halogenated alkanes) is 2. The predicted molar refractivity (Wildman–Crippen MR) is 250 cm³/mol. The maximum absolute atomic E-state index is 13.7. The Morgan fingerprint density at radius 1 is 0.841 bits per heavy atom. The van der Waals surface area contributed by atoms with E-state index in [0.717, 1.165) is 18.2 Å². The van der Waals surface area contributed by atoms with Crippen molar-refractivity contribution in [1.82, 2.24) is 5.32 Å². The van der Waals surface area contributed by atoms with Crippen molar-refractivity contribution in [3.63, 3.8) is 0 Å². The van der Waals surface area contributed by atoms with Crippen LogP contribution in [-0.2, 0) is 36.2 Å². The highest BCUT2D eigenvalue weighted by Gasteiger charge is 2.40. The number of allylic oxidation sites excluding steroid dienone is 4. The van der Waals surface area contributed by atoms with Gasteiger partial charge in [-0.1, -0.05) is 108 Å². The molecule has 0 aromatic heterocycles. The number of amides is 1. The highest BCUT2D eigenvalue weighted by atomic mass is 35.5. The Bertz CT molecular complexity index is 2940. The number of thioether (sulfide) groups is 1. The van der Waals surface area contributed by atoms with Crippen molar-refractivity contribution < 1.29 is 45.1 Å². The van der Waals surface area contributed by atoms with Gasteiger partial charge in [0, 0.05) is 61.4 Å². The molecular formula is C46H50Cl3NO10S3. The van der Waals surface area contributed by atoms with Crippen LogP contribution in [0.25, 0.3) is 22.8 Å². The third kappa shape index (κ3) is 9.75. The number of fused-ring (bicyclic) bond motifs is 4. The topological polar surface area (TPSA) is 181 Å². The number of carbonyl (C=O) groups excluding carboxylic acids is 3. The van der Waals surface area contributed by atoms with Gasteiger partial charge in [0.25, 0.3) is 20.2 Å². The van der Waals surface area contributed by atoms with E-state index in [0.29, 0.717) is 54.4 Å². The molecule has 6 rings (SSSR count). The second kappa shape index (κ2) is 17.4. The minimum absolute atomic E-state index is 0.00461. The Labute approximate surface area is 387 Å². The number of benzene rings is 3. The molecule has 0 spiro atoms. The summed E-state index contributed by atoms with van der Waals surface area (Å²) < 4.78 is 83.1. The average molecular weight is 979 g/mol. The molecule has 17 heteroatoms. The summed E-state index contributed by atoms with van der Waals surface area (Å²) >= 11 is 22.0. The lowest BCUT2D eigenvalue weighted by Crippen LogP contribution is -2.33. The van der Waals surface area contributed by atoms with Gasteiger partial charge in [0.1, 0.15) is 15.6 Å². The quantitative estimate of drug-likeness (QED) is 0.0381. The molecule has 1 heterocycles. The molecule has 0 fully saturated rings. The first kappa shape index (κ1) is 49.0. The first-order valence-electron chi connectivity index (χ1n) is 20.2. The minimum Gasteiger partial charge on any atom is -0.453 e. The Hall–Kier alpha value is -3.47. The maximum Gasteiger partial charge on any atom is 0.298 e. The third-order valence-corrected chi connectivity index (χ3v) is 15.8. The summed E-state index contributed by atoms with van der Waals surface area (Å²) in [7, 11) is -10.3. The van der Waals surface area contributed by atoms with E-state index in [1.54, 1.807) is 32.1 Å². The summed E-state index contributed by atoms with van der Waals surface area (Å²) in [6.07, 6.45) is 8.55. The number of ether oxygens (including phenoxy) is 1. The van der Waals surface area contributed by atoms with E-state index < -0.39 is 57.8 Å². The number of nitrogens with one attached hydrogen (secondary N) is 1. The zero-order chi connectivity index (χ0) is 46.9. The molecule has 3 aromatic rings. The molecule has 0 saturated carbocycles. The van der Waals surface area contributed by atoms with Crippen LogP contribution in [-0.4, -0.2) is 56.2 Å². The average Bonchev–Trinajstić information content (AvgIpc) is 3.13. The molecule has 3 N–H and O–H groups in total. The Morgan fingerprint density at radius 2 is 1.48 bits per heavy atom. The summed E-state index contributed by atoms with van der Waals surface area (Å²) in [5, 5.41) is 2.36. The standard InChI is InChI=1S/C46H50Cl3NO10S3/c1-23-17-45(6,7)19-29-25(23)15-27-34(28-16-26-24(2)18-46(8,9)20-30(26)43(63(57,58)59)40(28)60-39(27)42(29)62(54,55)56)35-31(21-51)36(47)38(49)41(37(35)48)61-22-33(53)50-14-12-10-11-13-32(52)44(3,4)5/h15-19,21H,10-14,20,22H2,1-9H3,(H,50,53)(H,54,55,56)(H,57,58,59). The molecule has 2 aliphatic carbocycles. The number of hydrogen-bond donors (Lipinski definition) is 3. The van der Waals surface area contributed by atoms with Crippen molar-refractivity contribution in [1.29, 1.82) is 0 Å². The summed E-state index contributed by atoms with van der Waals surface area (Å²) in [6.45, 7) is 17.0. The molecule has 0 atom stereocenters. The number of halogens is 3. The monoisotopic (exact) mass is 977 g/mol. The fraction of sp³-hybridized carbons (Fsp3) is 0.413. The Balaban J connectivity index is 1.62. The van der Waals surface area contributed by atoms with Crippen molar-refractivity contribution in [2.45, 2.75) is 109 Å². The van der Waals surface area contributed by atoms with Crippen LogP contribution in [0.15, 0.2) is 39.0 Å². The van der Waals surface area contributed by atoms with Crippen LogP contribution >= 0.6 is 46.6 Å². The molecule has 0 saturated heterocycles. The van der Waals surface area contributed by atoms with Crippen molar-refractivity contribution in [2.24, 2.45) is 16.2 Å². The van der Waals surface area contributed by atoms with E-state index in [-0.39, 0.29) is 82.1 Å². The summed E-state index contributed by atoms with van der Waals surface area (Å²) in [6, 6.07) is 3.25. The van der Waals surface area contributed by atoms with Crippen molar-refractivity contribution in [3.05, 3.63) is 83.2 Å². The molecule has 0 radical (unpaired) electrons. The lowest BCUT2D eigenvalue weighted by Gasteiger charge is -2.34. The molecule has 3 aromatic carbocycles. The van der Waals surface area contributed by atoms with Gasteiger partial charge in [-0.2, -0.15) is 16.8 Å². The van der Waals surface area contributed by atoms with Gasteiger partial charge in [-0.05, 0) is 78.5 Å². The van der Waals surface area contributed by atoms with Gasteiger partial charge in [-0.15, -0.1) is 11.8 Å². The Kier molecular flexibility index (Phi) is 13.5. The molecular weight excluding hydrogens is 929 g/mol. The Morgan fingerprint density at radius 3 is 2.08 bits per heavy atom. The molecule has 11 nitrogen and oxygen atoms in total. The van der Waals surface area contributed by atoms with Gasteiger partial charge < -0.3 is 10.1 Å². The third-order valence-electron chi connectivity index (χ3n) is 11.3. The number of carbonyl (C=O) groups is 3. The smallest absolute Gasteiger partial charge is 0.298 e. The van der Waals surface area contributed by atoms with Crippen LogP contribution in [0.2, 0.25) is 15.1 Å². The van der Waals surface area contributed by atoms with E-state index in [1.807, 2.05) is 60.6 Å². The molecule has 63 heavy (non-hydrogen) atoms. The van der Waals surface area contributed by atoms with Gasteiger partial charge in [0.2, 0.25) is 5.91 Å². The highest BCUT2D eigenvalue weighted by Crippen LogP contribution is 2.53. The first-order valence-corrected chi connectivity index (χ1v) is 25.2. The van der Waals surface area contributed by atoms with Crippen LogP contribution < -0.4 is 20.5 Å². The zero-order valence-electron chi connectivity index (χ0n) is 36.4. The van der Waals surface area contributed by atoms with Crippen LogP contribution in [0, 0.1) is 16.2 Å². The van der Waals surface area contributed by atoms with Gasteiger partial charge in [-0.25, -0.2) is 0 Å². The normalized spacial score (nSPS) is 16.3. The molecule has 0 unspecified atom stereocenters. The lowest BCUT2D eigenvalue weighted by atomic mass is 9.75. The summed E-state index contributed by atoms with van der Waals surface area (Å²) in [5.74, 6) is -1.34. The molecule has 0 bridgehead atoms. The molecule has 1 amide bonds. The van der Waals surface area contributed by atoms with Gasteiger partial charge in [0.15, 0.2) is 17.8 Å². The highest BCUT2D eigenvalue weighted by molar-refractivity contribution is 8.00. The number of rotatable bonds is 13. The molecule has 3 aliphatic rings. The zero-order valence-corrected chi connectivity index (χ0v) is 41.2. The van der Waals surface area contributed by atoms with E-state index in [1.165, 1.54) is 0 Å². The van der Waals surface area contributed by atoms with Gasteiger partial charge in [0.05, 0.1) is 20.8 Å². The van der Waals surface area contributed by atoms with E-state index in [9.17, 15) is 40.3 Å². The predicted octanol–water partition coefficient (Wildman–Crippen LogP) is 9.90. The van der Waals surface area contributed by atoms with E-state index in [4.69, 9.17) is 39.5 Å². The van der Waals surface area contributed by atoms with Crippen molar-refractivity contribution in [2.75, 3.05) is 12.3 Å². The SMILES string of the molecule is CC1=CC(C)(C)Cc2c1cc1c(c2S(=O)(=O)O)Oc2c(S(=O)(=O)O)c3c(cc2=C1c1c(Cl)c(SCC(=O)NCCCCCC(=O)C(C)(C)C)c(Cl)c(Cl)c1C=O)C(C)=CC(C)(C)C=3. The van der Waals surface area contributed by atoms with Crippen molar-refractivity contribution >= 4 is 108 Å². The van der Waals surface area contributed by atoms with E-state index in [2.05, 4.69) is 5.32 Å². The maximum atomic E-state index is 13.7. The number of ketones is 1. The molecule has 1 aliphatic heterocycles. The van der Waals surface area contributed by atoms with Crippen molar-refractivity contribution in [3.8, 4) is 11.5 Å². The van der Waals surface area contributed by atoms with E-state index >= 15 is 0 Å². The second-order valence-electron chi connectivity index (χ2n) is 18.7. The summed E-state index contributed by atoms with van der Waals surface area (Å²) in [4.78, 5) is 37.4. The number of hydrogen-bond acceptors (Lipinski definition) is 9. The fourth-order valence-electron chi connectivity index (χ4n) is 8.69. The van der Waals surface area contributed by atoms with Crippen LogP contribution in [0.5, 0.6) is 11.5 Å². The second-order valence-corrected chi connectivity index (χ2v) is 23.5. The van der Waals surface area contributed by atoms with Crippen LogP contribution in [0.3, 0.4) is 0 Å². The van der Waals surface area contributed by atoms with Crippen LogP contribution in [0.1, 0.15) is 126 Å². The van der Waals surface area contributed by atoms with Gasteiger partial charge in [-0.3, -0.25) is 23.5 Å². The van der Waals surface area contributed by atoms with Gasteiger partial charge >= 0.3 is 0 Å². The lowest BCUT2D eigenvalue weighted by molar-refractivity contribution is -0.126. The first-order chi connectivity index (χ1) is 29.0. The summed E-state index contributed by atoms with van der Waals surface area (Å²) in [5.41, 5.74) is 0.261. The molecule has 338 valence electrons. The number of aldehydes is 1.